The monoisotopic (exact) mass is 1470 g/mol. The molecule has 2 N–H and O–H groups in total. The number of aromatic nitrogens is 2. The third kappa shape index (κ3) is 20.3. The molecular formula is C79H86F5N7O15. The number of carboxylic acid groups (broad SMARTS) is 1. The molecule has 0 saturated heterocycles. The number of hydrogen-bond donors (Lipinski definition) is 2. The van der Waals surface area contributed by atoms with Gasteiger partial charge in [-0.25, -0.2) is 42.8 Å². The summed E-state index contributed by atoms with van der Waals surface area (Å²) in [4.78, 5) is 62.2. The Labute approximate surface area is 610 Å². The van der Waals surface area contributed by atoms with E-state index in [0.717, 1.165) is 44.2 Å². The van der Waals surface area contributed by atoms with E-state index in [-0.39, 0.29) is 63.5 Å². The standard InChI is InChI=1S/C44H58N4O11.C35H28F5N3O4/c1-46(47(2)44(52)59-33-40-38-12-6-4-10-36(38)37-11-5-7-13-39(37)40)32-35-31-34-9-3-8-14-41(34)48(35)18-15-42(49)45-17-20-54-22-24-56-26-28-58-30-29-57-27-25-55-23-21-53-19-16-43(50)51;1-41(42(2)35(45)46-19-26-24-12-6-4-10-22(24)23-11-5-7-13-25(23)26)18-21-17-20-9-3-8-14-27(20)43(21)16-15-28(44)47-34-32(39)30(37)29(36)31(38)33(34)40/h3-14,31,40H,15-30,32-33H2,1-2H3,(H,45,49)(H,50,51);3-14,17,26H,15-16,18-19H2,1-2H3. The van der Waals surface area contributed by atoms with Crippen LogP contribution in [-0.2, 0) is 78.5 Å². The van der Waals surface area contributed by atoms with Crippen LogP contribution in [-0.4, -0.2) is 192 Å². The van der Waals surface area contributed by atoms with Crippen molar-refractivity contribution >= 4 is 51.8 Å². The summed E-state index contributed by atoms with van der Waals surface area (Å²) in [6, 6.07) is 51.8. The molecule has 106 heavy (non-hydrogen) atoms. The van der Waals surface area contributed by atoms with Gasteiger partial charge in [0.25, 0.3) is 0 Å². The number of nitrogens with zero attached hydrogens (tertiary/aromatic N) is 6. The summed E-state index contributed by atoms with van der Waals surface area (Å²) in [6.45, 7) is 6.52. The number of rotatable bonds is 38. The van der Waals surface area contributed by atoms with Crippen molar-refractivity contribution in [1.29, 1.82) is 0 Å². The molecule has 0 unspecified atom stereocenters. The zero-order valence-corrected chi connectivity index (χ0v) is 59.5. The SMILES string of the molecule is CN(Cc1cc2ccccc2n1CCC(=O)NCCOCCOCCOCCOCCOCCOCCC(=O)O)N(C)C(=O)OCC1c2ccccc2-c2ccccc21.CN(Cc1cc2ccccc2n1CCC(=O)Oc1c(F)c(F)c(F)c(F)c1F)N(C)C(=O)OCC1c2ccccc2-c2ccccc21. The Morgan fingerprint density at radius 1 is 0.425 bits per heavy atom. The van der Waals surface area contributed by atoms with E-state index in [1.807, 2.05) is 127 Å². The number of aryl methyl sites for hydroxylation is 2. The van der Waals surface area contributed by atoms with Crippen LogP contribution in [0.2, 0.25) is 0 Å². The fourth-order valence-electron chi connectivity index (χ4n) is 12.6. The summed E-state index contributed by atoms with van der Waals surface area (Å²) >= 11 is 0. The van der Waals surface area contributed by atoms with E-state index < -0.39 is 65.4 Å². The Balaban J connectivity index is 0.000000232. The normalized spacial score (nSPS) is 12.3. The number of aliphatic carboxylic acids is 1. The first-order valence-electron chi connectivity index (χ1n) is 34.8. The molecule has 3 amide bonds. The molecule has 27 heteroatoms. The smallest absolute Gasteiger partial charge is 0.424 e. The average molecular weight is 1470 g/mol. The highest BCUT2D eigenvalue weighted by atomic mass is 19.2. The summed E-state index contributed by atoms with van der Waals surface area (Å²) in [5.74, 6) is -15.2. The summed E-state index contributed by atoms with van der Waals surface area (Å²) < 4.78 is 121. The lowest BCUT2D eigenvalue weighted by molar-refractivity contribution is -0.138. The van der Waals surface area contributed by atoms with Gasteiger partial charge in [-0.3, -0.25) is 14.4 Å². The van der Waals surface area contributed by atoms with E-state index in [2.05, 4.69) is 45.0 Å². The highest BCUT2D eigenvalue weighted by Crippen LogP contribution is 2.46. The third-order valence-electron chi connectivity index (χ3n) is 18.2. The van der Waals surface area contributed by atoms with Crippen LogP contribution in [0.5, 0.6) is 5.75 Å². The van der Waals surface area contributed by atoms with Gasteiger partial charge >= 0.3 is 24.1 Å². The first kappa shape index (κ1) is 78.5. The summed E-state index contributed by atoms with van der Waals surface area (Å²) in [6.07, 6.45) is -1.21. The number of carbonyl (C=O) groups excluding carboxylic acids is 4. The van der Waals surface area contributed by atoms with Gasteiger partial charge in [0.1, 0.15) is 13.2 Å². The molecule has 0 fully saturated rings. The molecular weight excluding hydrogens is 1380 g/mol. The maximum absolute atomic E-state index is 14.1. The molecule has 2 heterocycles. The van der Waals surface area contributed by atoms with Crippen molar-refractivity contribution in [1.82, 2.24) is 34.5 Å². The molecule has 0 atom stereocenters. The Bertz CT molecular complexity index is 4360. The van der Waals surface area contributed by atoms with Gasteiger partial charge in [-0.1, -0.05) is 133 Å². The summed E-state index contributed by atoms with van der Waals surface area (Å²) in [5, 5.41) is 19.6. The highest BCUT2D eigenvalue weighted by Gasteiger charge is 2.33. The Morgan fingerprint density at radius 3 is 1.16 bits per heavy atom. The summed E-state index contributed by atoms with van der Waals surface area (Å²) in [7, 11) is 6.80. The van der Waals surface area contributed by atoms with Crippen LogP contribution in [0.3, 0.4) is 0 Å². The van der Waals surface area contributed by atoms with Crippen LogP contribution in [0.15, 0.2) is 158 Å². The maximum Gasteiger partial charge on any atom is 0.424 e. The van der Waals surface area contributed by atoms with Gasteiger partial charge in [0, 0.05) is 88.5 Å². The molecule has 11 rings (SSSR count). The number of carboxylic acids is 1. The minimum Gasteiger partial charge on any atom is -0.481 e. The number of esters is 1. The van der Waals surface area contributed by atoms with Crippen molar-refractivity contribution < 1.29 is 93.7 Å². The fraction of sp³-hybridized carbons (Fsp3) is 0.354. The van der Waals surface area contributed by atoms with Gasteiger partial charge in [0.15, 0.2) is 0 Å². The van der Waals surface area contributed by atoms with E-state index >= 15 is 0 Å². The topological polar surface area (TPSA) is 224 Å². The van der Waals surface area contributed by atoms with Crippen molar-refractivity contribution in [3.8, 4) is 28.0 Å². The number of amides is 3. The second-order valence-electron chi connectivity index (χ2n) is 25.0. The van der Waals surface area contributed by atoms with E-state index in [9.17, 15) is 45.9 Å². The number of ether oxygens (including phenoxy) is 9. The van der Waals surface area contributed by atoms with Crippen LogP contribution in [0.1, 0.15) is 64.7 Å². The Morgan fingerprint density at radius 2 is 0.764 bits per heavy atom. The second-order valence-corrected chi connectivity index (χ2v) is 25.0. The van der Waals surface area contributed by atoms with E-state index in [0.29, 0.717) is 104 Å². The van der Waals surface area contributed by atoms with Crippen LogP contribution < -0.4 is 10.1 Å². The molecule has 2 aromatic heterocycles. The first-order chi connectivity index (χ1) is 51.4. The fourth-order valence-corrected chi connectivity index (χ4v) is 12.6. The Kier molecular flexibility index (Phi) is 28.7. The van der Waals surface area contributed by atoms with Gasteiger partial charge in [-0.05, 0) is 79.5 Å². The van der Waals surface area contributed by atoms with Crippen molar-refractivity contribution in [2.75, 3.05) is 127 Å². The van der Waals surface area contributed by atoms with Crippen molar-refractivity contribution in [2.45, 2.75) is 57.3 Å². The quantitative estimate of drug-likeness (QED) is 0.00698. The van der Waals surface area contributed by atoms with Gasteiger partial charge < -0.3 is 62.2 Å². The number of hydrogen-bond acceptors (Lipinski definition) is 16. The van der Waals surface area contributed by atoms with Crippen molar-refractivity contribution in [3.63, 3.8) is 0 Å². The molecule has 2 aliphatic carbocycles. The van der Waals surface area contributed by atoms with E-state index in [1.54, 1.807) is 42.9 Å². The lowest BCUT2D eigenvalue weighted by Crippen LogP contribution is -2.41. The molecule has 2 aliphatic rings. The minimum atomic E-state index is -2.35. The van der Waals surface area contributed by atoms with Crippen LogP contribution in [0.25, 0.3) is 44.1 Å². The van der Waals surface area contributed by atoms with Crippen molar-refractivity contribution in [3.05, 3.63) is 220 Å². The highest BCUT2D eigenvalue weighted by molar-refractivity contribution is 5.84. The zero-order chi connectivity index (χ0) is 75.1. The zero-order valence-electron chi connectivity index (χ0n) is 59.5. The molecule has 0 radical (unpaired) electrons. The number of para-hydroxylation sites is 2. The molecule has 0 bridgehead atoms. The number of nitrogens with one attached hydrogen (secondary N) is 1. The lowest BCUT2D eigenvalue weighted by Gasteiger charge is -2.28. The number of fused-ring (bicyclic) bond motifs is 8. The minimum absolute atomic E-state index is 0.0158. The Hall–Kier alpha value is -10.1. The molecule has 7 aromatic carbocycles. The first-order valence-corrected chi connectivity index (χ1v) is 34.8. The van der Waals surface area contributed by atoms with Gasteiger partial charge in [0.05, 0.1) is 105 Å². The number of benzene rings is 7. The third-order valence-corrected chi connectivity index (χ3v) is 18.2. The largest absolute Gasteiger partial charge is 0.481 e. The molecule has 22 nitrogen and oxygen atoms in total. The number of halogens is 5. The summed E-state index contributed by atoms with van der Waals surface area (Å²) in [5.41, 5.74) is 12.5. The molecule has 9 aromatic rings. The van der Waals surface area contributed by atoms with E-state index in [1.165, 1.54) is 32.3 Å². The number of carbonyl (C=O) groups is 5. The van der Waals surface area contributed by atoms with Crippen LogP contribution in [0, 0.1) is 29.1 Å². The predicted molar refractivity (Wildman–Crippen MR) is 384 cm³/mol. The van der Waals surface area contributed by atoms with Gasteiger partial charge in [-0.15, -0.1) is 0 Å². The van der Waals surface area contributed by atoms with Crippen LogP contribution >= 0.6 is 0 Å². The molecule has 0 spiro atoms. The van der Waals surface area contributed by atoms with Crippen molar-refractivity contribution in [2.24, 2.45) is 0 Å². The lowest BCUT2D eigenvalue weighted by atomic mass is 9.98. The van der Waals surface area contributed by atoms with E-state index in [4.69, 9.17) is 43.0 Å². The van der Waals surface area contributed by atoms with Gasteiger partial charge in [0.2, 0.25) is 40.7 Å². The number of hydrazine groups is 2. The maximum atomic E-state index is 14.1. The molecule has 562 valence electrons. The predicted octanol–water partition coefficient (Wildman–Crippen LogP) is 12.5. The van der Waals surface area contributed by atoms with Gasteiger partial charge in [-0.2, -0.15) is 8.78 Å². The average Bonchev–Trinajstić information content (AvgIpc) is 1.58. The molecule has 0 aliphatic heterocycles. The molecule has 0 saturated carbocycles. The second kappa shape index (κ2) is 38.8. The van der Waals surface area contributed by atoms with Crippen LogP contribution in [0.4, 0.5) is 31.5 Å².